The summed E-state index contributed by atoms with van der Waals surface area (Å²) in [7, 11) is 1.49. The maximum Gasteiger partial charge on any atom is 0.416 e. The van der Waals surface area contributed by atoms with Crippen LogP contribution >= 0.6 is 12.4 Å². The third kappa shape index (κ3) is 4.62. The Hall–Kier alpha value is -1.31. The molecule has 0 bridgehead atoms. The van der Waals surface area contributed by atoms with Crippen LogP contribution in [0.2, 0.25) is 0 Å². The highest BCUT2D eigenvalue weighted by atomic mass is 35.5. The minimum absolute atomic E-state index is 0. The topological polar surface area (TPSA) is 50.4 Å². The van der Waals surface area contributed by atoms with Crippen molar-refractivity contribution in [3.8, 4) is 0 Å². The summed E-state index contributed by atoms with van der Waals surface area (Å²) < 4.78 is 43.8. The largest absolute Gasteiger partial charge is 0.416 e. The zero-order valence-corrected chi connectivity index (χ0v) is 14.4. The molecule has 2 N–H and O–H groups in total. The minimum atomic E-state index is -4.40. The van der Waals surface area contributed by atoms with Crippen LogP contribution < -0.4 is 10.6 Å². The van der Waals surface area contributed by atoms with Gasteiger partial charge in [0.25, 0.3) is 5.91 Å². The highest BCUT2D eigenvalue weighted by Crippen LogP contribution is 2.31. The van der Waals surface area contributed by atoms with Crippen molar-refractivity contribution in [3.05, 3.63) is 35.4 Å². The first-order valence-corrected chi connectivity index (χ1v) is 7.52. The molecule has 0 spiro atoms. The molecule has 0 saturated carbocycles. The monoisotopic (exact) mass is 366 g/mol. The fourth-order valence-corrected chi connectivity index (χ4v) is 2.75. The SMILES string of the molecule is COC1(C(=O)NC(C)c2cccc(C(F)(F)F)c2)CCNCC1.Cl. The van der Waals surface area contributed by atoms with Crippen LogP contribution in [0.25, 0.3) is 0 Å². The first-order chi connectivity index (χ1) is 10.8. The Balaban J connectivity index is 0.00000288. The lowest BCUT2D eigenvalue weighted by Crippen LogP contribution is -2.54. The summed E-state index contributed by atoms with van der Waals surface area (Å²) in [5, 5.41) is 5.93. The molecule has 2 rings (SSSR count). The lowest BCUT2D eigenvalue weighted by Gasteiger charge is -2.35. The van der Waals surface area contributed by atoms with Gasteiger partial charge in [-0.05, 0) is 50.6 Å². The van der Waals surface area contributed by atoms with Crippen LogP contribution in [-0.4, -0.2) is 31.7 Å². The molecule has 1 fully saturated rings. The van der Waals surface area contributed by atoms with Gasteiger partial charge in [-0.15, -0.1) is 12.4 Å². The molecular formula is C16H22ClF3N2O2. The average molecular weight is 367 g/mol. The van der Waals surface area contributed by atoms with Crippen molar-refractivity contribution in [1.82, 2.24) is 10.6 Å². The predicted octanol–water partition coefficient (Wildman–Crippen LogP) is 3.07. The van der Waals surface area contributed by atoms with Gasteiger partial charge in [0.15, 0.2) is 0 Å². The maximum absolute atomic E-state index is 12.8. The van der Waals surface area contributed by atoms with Crippen molar-refractivity contribution in [2.45, 2.75) is 37.6 Å². The molecule has 0 aliphatic carbocycles. The molecule has 0 radical (unpaired) electrons. The molecule has 0 aromatic heterocycles. The number of nitrogens with one attached hydrogen (secondary N) is 2. The van der Waals surface area contributed by atoms with Crippen molar-refractivity contribution in [2.75, 3.05) is 20.2 Å². The van der Waals surface area contributed by atoms with Gasteiger partial charge in [0.1, 0.15) is 5.60 Å². The molecule has 24 heavy (non-hydrogen) atoms. The Morgan fingerprint density at radius 2 is 1.96 bits per heavy atom. The van der Waals surface area contributed by atoms with Crippen molar-refractivity contribution in [2.24, 2.45) is 0 Å². The van der Waals surface area contributed by atoms with Crippen LogP contribution in [0, 0.1) is 0 Å². The van der Waals surface area contributed by atoms with E-state index < -0.39 is 23.4 Å². The molecule has 1 amide bonds. The van der Waals surface area contributed by atoms with Gasteiger partial charge in [0.05, 0.1) is 11.6 Å². The van der Waals surface area contributed by atoms with Gasteiger partial charge in [-0.2, -0.15) is 13.2 Å². The number of ether oxygens (including phenoxy) is 1. The molecule has 8 heteroatoms. The number of carbonyl (C=O) groups excluding carboxylic acids is 1. The Kier molecular flexibility index (Phi) is 7.07. The molecule has 1 saturated heterocycles. The van der Waals surface area contributed by atoms with Gasteiger partial charge in [-0.1, -0.05) is 12.1 Å². The molecule has 1 aromatic rings. The Morgan fingerprint density at radius 1 is 1.33 bits per heavy atom. The summed E-state index contributed by atoms with van der Waals surface area (Å²) in [4.78, 5) is 12.5. The van der Waals surface area contributed by atoms with Crippen molar-refractivity contribution < 1.29 is 22.7 Å². The number of amides is 1. The van der Waals surface area contributed by atoms with Crippen LogP contribution in [0.5, 0.6) is 0 Å². The second-order valence-corrected chi connectivity index (χ2v) is 5.77. The van der Waals surface area contributed by atoms with Crippen LogP contribution in [0.1, 0.15) is 36.9 Å². The molecule has 136 valence electrons. The van der Waals surface area contributed by atoms with Crippen molar-refractivity contribution >= 4 is 18.3 Å². The van der Waals surface area contributed by atoms with Gasteiger partial charge in [-0.25, -0.2) is 0 Å². The molecule has 1 atom stereocenters. The van der Waals surface area contributed by atoms with E-state index in [1.54, 1.807) is 13.0 Å². The van der Waals surface area contributed by atoms with E-state index in [4.69, 9.17) is 4.74 Å². The van der Waals surface area contributed by atoms with E-state index >= 15 is 0 Å². The number of hydrogen-bond acceptors (Lipinski definition) is 3. The molecule has 1 unspecified atom stereocenters. The lowest BCUT2D eigenvalue weighted by molar-refractivity contribution is -0.147. The van der Waals surface area contributed by atoms with Gasteiger partial charge < -0.3 is 15.4 Å². The van der Waals surface area contributed by atoms with E-state index in [2.05, 4.69) is 10.6 Å². The van der Waals surface area contributed by atoms with Gasteiger partial charge >= 0.3 is 6.18 Å². The number of methoxy groups -OCH3 is 1. The summed E-state index contributed by atoms with van der Waals surface area (Å²) in [5.74, 6) is -0.286. The van der Waals surface area contributed by atoms with E-state index in [0.29, 0.717) is 31.5 Å². The number of rotatable bonds is 4. The van der Waals surface area contributed by atoms with Gasteiger partial charge in [0, 0.05) is 7.11 Å². The van der Waals surface area contributed by atoms with Gasteiger partial charge in [-0.3, -0.25) is 4.79 Å². The number of halogens is 4. The predicted molar refractivity (Wildman–Crippen MR) is 87.1 cm³/mol. The van der Waals surface area contributed by atoms with E-state index in [1.165, 1.54) is 13.2 Å². The van der Waals surface area contributed by atoms with Crippen LogP contribution in [0.3, 0.4) is 0 Å². The van der Waals surface area contributed by atoms with E-state index in [-0.39, 0.29) is 18.3 Å². The number of carbonyl (C=O) groups is 1. The van der Waals surface area contributed by atoms with E-state index in [0.717, 1.165) is 12.1 Å². The average Bonchev–Trinajstić information content (AvgIpc) is 2.54. The Bertz CT molecular complexity index is 560. The molecule has 1 heterocycles. The number of alkyl halides is 3. The van der Waals surface area contributed by atoms with Crippen molar-refractivity contribution in [1.29, 1.82) is 0 Å². The lowest BCUT2D eigenvalue weighted by atomic mass is 9.90. The second-order valence-electron chi connectivity index (χ2n) is 5.77. The molecule has 1 aromatic carbocycles. The van der Waals surface area contributed by atoms with E-state index in [9.17, 15) is 18.0 Å². The smallest absolute Gasteiger partial charge is 0.368 e. The first kappa shape index (κ1) is 20.7. The fraction of sp³-hybridized carbons (Fsp3) is 0.562. The Labute approximate surface area is 145 Å². The quantitative estimate of drug-likeness (QED) is 0.861. The molecule has 4 nitrogen and oxygen atoms in total. The van der Waals surface area contributed by atoms with Crippen molar-refractivity contribution in [3.63, 3.8) is 0 Å². The summed E-state index contributed by atoms with van der Waals surface area (Å²) in [6, 6.07) is 4.46. The normalized spacial score (nSPS) is 18.4. The number of hydrogen-bond donors (Lipinski definition) is 2. The second kappa shape index (κ2) is 8.18. The highest BCUT2D eigenvalue weighted by molar-refractivity contribution is 5.86. The number of benzene rings is 1. The zero-order valence-electron chi connectivity index (χ0n) is 13.6. The standard InChI is InChI=1S/C16H21F3N2O2.ClH/c1-11(12-4-3-5-13(10-12)16(17,18)19)21-14(22)15(23-2)6-8-20-9-7-15;/h3-5,10-11,20H,6-9H2,1-2H3,(H,21,22);1H. The molecular weight excluding hydrogens is 345 g/mol. The van der Waals surface area contributed by atoms with Crippen LogP contribution in [0.15, 0.2) is 24.3 Å². The first-order valence-electron chi connectivity index (χ1n) is 7.52. The summed E-state index contributed by atoms with van der Waals surface area (Å²) in [6.07, 6.45) is -3.34. The third-order valence-corrected chi connectivity index (χ3v) is 4.28. The summed E-state index contributed by atoms with van der Waals surface area (Å²) >= 11 is 0. The minimum Gasteiger partial charge on any atom is -0.368 e. The van der Waals surface area contributed by atoms with Gasteiger partial charge in [0.2, 0.25) is 0 Å². The summed E-state index contributed by atoms with van der Waals surface area (Å²) in [5.41, 5.74) is -1.23. The van der Waals surface area contributed by atoms with E-state index in [1.807, 2.05) is 0 Å². The fourth-order valence-electron chi connectivity index (χ4n) is 2.75. The Morgan fingerprint density at radius 3 is 2.50 bits per heavy atom. The molecule has 1 aliphatic rings. The zero-order chi connectivity index (χ0) is 17.1. The third-order valence-electron chi connectivity index (χ3n) is 4.28. The summed E-state index contributed by atoms with van der Waals surface area (Å²) in [6.45, 7) is 3.00. The molecule has 1 aliphatic heterocycles. The maximum atomic E-state index is 12.8. The van der Waals surface area contributed by atoms with Crippen LogP contribution in [0.4, 0.5) is 13.2 Å². The van der Waals surface area contributed by atoms with Crippen LogP contribution in [-0.2, 0) is 15.7 Å². The highest BCUT2D eigenvalue weighted by Gasteiger charge is 2.40. The number of piperidine rings is 1.